The fourth-order valence-corrected chi connectivity index (χ4v) is 3.49. The number of carbonyl (C=O) groups excluding carboxylic acids is 1. The second kappa shape index (κ2) is 8.41. The van der Waals surface area contributed by atoms with Crippen molar-refractivity contribution in [3.8, 4) is 0 Å². The zero-order valence-corrected chi connectivity index (χ0v) is 16.5. The molecule has 0 radical (unpaired) electrons. The molecule has 1 saturated carbocycles. The molecule has 1 aliphatic carbocycles. The van der Waals surface area contributed by atoms with Crippen LogP contribution in [0.2, 0.25) is 0 Å². The summed E-state index contributed by atoms with van der Waals surface area (Å²) in [6.07, 6.45) is 1.74. The topological polar surface area (TPSA) is 80.5 Å². The number of aromatic nitrogens is 2. The molecule has 2 fully saturated rings. The summed E-state index contributed by atoms with van der Waals surface area (Å²) >= 11 is 0. The van der Waals surface area contributed by atoms with E-state index >= 15 is 0 Å². The quantitative estimate of drug-likeness (QED) is 0.790. The third-order valence-electron chi connectivity index (χ3n) is 5.32. The maximum Gasteiger partial charge on any atom is 0.251 e. The Morgan fingerprint density at radius 3 is 2.79 bits per heavy atom. The lowest BCUT2D eigenvalue weighted by molar-refractivity contribution is -0.140. The Kier molecular flexibility index (Phi) is 5.73. The Balaban J connectivity index is 1.37. The first kappa shape index (κ1) is 19.1. The second-order valence-electron chi connectivity index (χ2n) is 8.08. The SMILES string of the molecule is CC(C)C(NC(=O)C1CN(Cc2ccccc2)CCO1)c1nc(C2CC2)no1. The minimum atomic E-state index is -0.496. The standard InChI is InChI=1S/C21H28N4O3/c1-14(2)18(21-23-19(24-28-21)16-8-9-16)22-20(26)17-13-25(10-11-27-17)12-15-6-4-3-5-7-15/h3-7,14,16-18H,8-13H2,1-2H3,(H,22,26). The highest BCUT2D eigenvalue weighted by Gasteiger charge is 2.34. The normalized spacial score (nSPS) is 21.6. The molecule has 28 heavy (non-hydrogen) atoms. The number of ether oxygens (including phenoxy) is 1. The maximum atomic E-state index is 12.9. The van der Waals surface area contributed by atoms with Crippen molar-refractivity contribution in [2.75, 3.05) is 19.7 Å². The summed E-state index contributed by atoms with van der Waals surface area (Å²) in [5, 5.41) is 7.16. The first-order chi connectivity index (χ1) is 13.6. The van der Waals surface area contributed by atoms with Crippen LogP contribution in [-0.2, 0) is 16.1 Å². The van der Waals surface area contributed by atoms with Crippen LogP contribution in [0.1, 0.15) is 55.9 Å². The van der Waals surface area contributed by atoms with Crippen LogP contribution < -0.4 is 5.32 Å². The van der Waals surface area contributed by atoms with Crippen LogP contribution in [0.5, 0.6) is 0 Å². The average molecular weight is 384 g/mol. The molecule has 1 saturated heterocycles. The molecule has 7 heteroatoms. The Morgan fingerprint density at radius 2 is 2.07 bits per heavy atom. The van der Waals surface area contributed by atoms with Gasteiger partial charge in [-0.25, -0.2) is 0 Å². The fraction of sp³-hybridized carbons (Fsp3) is 0.571. The largest absolute Gasteiger partial charge is 0.366 e. The zero-order chi connectivity index (χ0) is 19.5. The van der Waals surface area contributed by atoms with E-state index in [0.717, 1.165) is 31.8 Å². The van der Waals surface area contributed by atoms with E-state index < -0.39 is 6.10 Å². The average Bonchev–Trinajstić information content (AvgIpc) is 3.44. The van der Waals surface area contributed by atoms with E-state index in [4.69, 9.17) is 9.26 Å². The molecule has 1 amide bonds. The summed E-state index contributed by atoms with van der Waals surface area (Å²) < 4.78 is 11.2. The van der Waals surface area contributed by atoms with Crippen LogP contribution in [0.4, 0.5) is 0 Å². The number of hydrogen-bond acceptors (Lipinski definition) is 6. The second-order valence-corrected chi connectivity index (χ2v) is 8.08. The number of benzene rings is 1. The number of amides is 1. The van der Waals surface area contributed by atoms with Crippen LogP contribution in [0.25, 0.3) is 0 Å². The smallest absolute Gasteiger partial charge is 0.251 e. The van der Waals surface area contributed by atoms with Gasteiger partial charge in [0.05, 0.1) is 6.61 Å². The summed E-state index contributed by atoms with van der Waals surface area (Å²) in [6.45, 7) is 6.83. The summed E-state index contributed by atoms with van der Waals surface area (Å²) in [4.78, 5) is 19.7. The Labute approximate surface area is 165 Å². The van der Waals surface area contributed by atoms with Crippen LogP contribution in [0, 0.1) is 5.92 Å². The first-order valence-corrected chi connectivity index (χ1v) is 10.1. The maximum absolute atomic E-state index is 12.9. The molecule has 1 aliphatic heterocycles. The number of nitrogens with zero attached hydrogens (tertiary/aromatic N) is 3. The van der Waals surface area contributed by atoms with Gasteiger partial charge in [0.2, 0.25) is 5.89 Å². The number of morpholine rings is 1. The van der Waals surface area contributed by atoms with Gasteiger partial charge in [0, 0.05) is 25.6 Å². The van der Waals surface area contributed by atoms with Crippen molar-refractivity contribution in [1.82, 2.24) is 20.4 Å². The van der Waals surface area contributed by atoms with Crippen molar-refractivity contribution >= 4 is 5.91 Å². The molecular formula is C21H28N4O3. The Hall–Kier alpha value is -2.25. The lowest BCUT2D eigenvalue weighted by Crippen LogP contribution is -2.50. The summed E-state index contributed by atoms with van der Waals surface area (Å²) in [5.41, 5.74) is 1.24. The predicted molar refractivity (Wildman–Crippen MR) is 103 cm³/mol. The number of nitrogens with one attached hydrogen (secondary N) is 1. The predicted octanol–water partition coefficient (Wildman–Crippen LogP) is 2.66. The molecule has 4 rings (SSSR count). The van der Waals surface area contributed by atoms with Gasteiger partial charge in [0.15, 0.2) is 5.82 Å². The van der Waals surface area contributed by atoms with Gasteiger partial charge < -0.3 is 14.6 Å². The van der Waals surface area contributed by atoms with Gasteiger partial charge in [-0.1, -0.05) is 49.3 Å². The van der Waals surface area contributed by atoms with Gasteiger partial charge in [-0.05, 0) is 24.3 Å². The van der Waals surface area contributed by atoms with Gasteiger partial charge in [0.25, 0.3) is 5.91 Å². The molecule has 2 unspecified atom stereocenters. The van der Waals surface area contributed by atoms with Gasteiger partial charge in [-0.2, -0.15) is 4.98 Å². The third-order valence-corrected chi connectivity index (χ3v) is 5.32. The van der Waals surface area contributed by atoms with Crippen molar-refractivity contribution in [2.45, 2.75) is 51.3 Å². The molecule has 150 valence electrons. The number of rotatable bonds is 7. The molecule has 0 bridgehead atoms. The van der Waals surface area contributed by atoms with Crippen LogP contribution in [0.15, 0.2) is 34.9 Å². The molecule has 2 aliphatic rings. The number of carbonyl (C=O) groups is 1. The summed E-state index contributed by atoms with van der Waals surface area (Å²) in [6, 6.07) is 9.98. The van der Waals surface area contributed by atoms with E-state index in [1.54, 1.807) is 0 Å². The highest BCUT2D eigenvalue weighted by atomic mass is 16.5. The lowest BCUT2D eigenvalue weighted by Gasteiger charge is -2.33. The molecule has 0 spiro atoms. The van der Waals surface area contributed by atoms with Gasteiger partial charge in [0.1, 0.15) is 12.1 Å². The van der Waals surface area contributed by atoms with Crippen LogP contribution in [-0.4, -0.2) is 46.7 Å². The van der Waals surface area contributed by atoms with Gasteiger partial charge >= 0.3 is 0 Å². The van der Waals surface area contributed by atoms with Crippen molar-refractivity contribution in [2.24, 2.45) is 5.92 Å². The molecule has 2 heterocycles. The van der Waals surface area contributed by atoms with E-state index in [1.807, 2.05) is 32.0 Å². The fourth-order valence-electron chi connectivity index (χ4n) is 3.49. The van der Waals surface area contributed by atoms with Crippen molar-refractivity contribution in [3.05, 3.63) is 47.6 Å². The molecule has 1 aromatic heterocycles. The highest BCUT2D eigenvalue weighted by molar-refractivity contribution is 5.81. The Bertz CT molecular complexity index is 788. The molecule has 1 aromatic carbocycles. The third kappa shape index (κ3) is 4.59. The van der Waals surface area contributed by atoms with Crippen LogP contribution in [0.3, 0.4) is 0 Å². The van der Waals surface area contributed by atoms with Crippen LogP contribution >= 0.6 is 0 Å². The highest BCUT2D eigenvalue weighted by Crippen LogP contribution is 2.38. The summed E-state index contributed by atoms with van der Waals surface area (Å²) in [7, 11) is 0. The zero-order valence-electron chi connectivity index (χ0n) is 16.5. The van der Waals surface area contributed by atoms with Crippen molar-refractivity contribution in [3.63, 3.8) is 0 Å². The van der Waals surface area contributed by atoms with E-state index in [1.165, 1.54) is 5.56 Å². The van der Waals surface area contributed by atoms with Crippen molar-refractivity contribution in [1.29, 1.82) is 0 Å². The van der Waals surface area contributed by atoms with Crippen molar-refractivity contribution < 1.29 is 14.1 Å². The van der Waals surface area contributed by atoms with E-state index in [0.29, 0.717) is 25.0 Å². The monoisotopic (exact) mass is 384 g/mol. The van der Waals surface area contributed by atoms with E-state index in [9.17, 15) is 4.79 Å². The number of hydrogen-bond donors (Lipinski definition) is 1. The Morgan fingerprint density at radius 1 is 1.29 bits per heavy atom. The first-order valence-electron chi connectivity index (χ1n) is 10.1. The molecular weight excluding hydrogens is 356 g/mol. The molecule has 2 atom stereocenters. The van der Waals surface area contributed by atoms with E-state index in [2.05, 4.69) is 32.5 Å². The van der Waals surface area contributed by atoms with Gasteiger partial charge in [-0.3, -0.25) is 9.69 Å². The minimum Gasteiger partial charge on any atom is -0.366 e. The van der Waals surface area contributed by atoms with Gasteiger partial charge in [-0.15, -0.1) is 0 Å². The molecule has 1 N–H and O–H groups in total. The lowest BCUT2D eigenvalue weighted by atomic mass is 10.0. The molecule has 2 aromatic rings. The summed E-state index contributed by atoms with van der Waals surface area (Å²) in [5.74, 6) is 1.69. The molecule has 7 nitrogen and oxygen atoms in total. The minimum absolute atomic E-state index is 0.123. The van der Waals surface area contributed by atoms with E-state index in [-0.39, 0.29) is 17.9 Å².